The molecule has 0 amide bonds. The Morgan fingerprint density at radius 3 is 1.98 bits per heavy atom. The van der Waals surface area contributed by atoms with Crippen LogP contribution in [0.25, 0.3) is 0 Å². The molecule has 2 aliphatic heterocycles. The van der Waals surface area contributed by atoms with Crippen LogP contribution < -0.4 is 26.0 Å². The molecule has 0 saturated heterocycles. The highest BCUT2D eigenvalue weighted by Gasteiger charge is 2.34. The molecule has 6 rings (SSSR count). The summed E-state index contributed by atoms with van der Waals surface area (Å²) in [7, 11) is 0. The summed E-state index contributed by atoms with van der Waals surface area (Å²) in [5.41, 5.74) is 1.18. The maximum absolute atomic E-state index is 14.2. The number of nitrogens with zero attached hydrogens (tertiary/aromatic N) is 2. The van der Waals surface area contributed by atoms with Crippen LogP contribution in [0.5, 0.6) is 0 Å². The van der Waals surface area contributed by atoms with Gasteiger partial charge in [0.1, 0.15) is 23.0 Å². The molecule has 1 unspecified atom stereocenters. The zero-order chi connectivity index (χ0) is 28.2. The van der Waals surface area contributed by atoms with Crippen molar-refractivity contribution in [2.24, 2.45) is 0 Å². The summed E-state index contributed by atoms with van der Waals surface area (Å²) in [6.07, 6.45) is 0.336. The van der Waals surface area contributed by atoms with E-state index in [2.05, 4.69) is 5.32 Å². The maximum atomic E-state index is 14.2. The van der Waals surface area contributed by atoms with Crippen molar-refractivity contribution in [1.82, 2.24) is 0 Å². The van der Waals surface area contributed by atoms with Gasteiger partial charge in [0.25, 0.3) is 10.9 Å². The first-order valence-corrected chi connectivity index (χ1v) is 12.7. The second-order valence-corrected chi connectivity index (χ2v) is 9.90. The van der Waals surface area contributed by atoms with Crippen LogP contribution in [0.1, 0.15) is 16.7 Å². The minimum Gasteiger partial charge on any atom is -0.360 e. The van der Waals surface area contributed by atoms with Crippen LogP contribution in [0.3, 0.4) is 0 Å². The zero-order valence-electron chi connectivity index (χ0n) is 20.9. The van der Waals surface area contributed by atoms with Gasteiger partial charge in [0.2, 0.25) is 0 Å². The topological polar surface area (TPSA) is 52.7 Å². The summed E-state index contributed by atoms with van der Waals surface area (Å²) in [6.45, 7) is 0.597. The minimum atomic E-state index is -4.50. The Kier molecular flexibility index (Phi) is 6.20. The predicted molar refractivity (Wildman–Crippen MR) is 144 cm³/mol. The third kappa shape index (κ3) is 4.53. The van der Waals surface area contributed by atoms with Crippen molar-refractivity contribution in [3.8, 4) is 0 Å². The van der Waals surface area contributed by atoms with Crippen molar-refractivity contribution in [1.29, 1.82) is 0 Å². The highest BCUT2D eigenvalue weighted by molar-refractivity contribution is 5.81. The molecule has 0 spiro atoms. The number of rotatable bonds is 4. The van der Waals surface area contributed by atoms with Gasteiger partial charge in [-0.3, -0.25) is 9.59 Å². The van der Waals surface area contributed by atoms with Crippen molar-refractivity contribution in [3.05, 3.63) is 122 Å². The van der Waals surface area contributed by atoms with Gasteiger partial charge in [0, 0.05) is 30.2 Å². The van der Waals surface area contributed by atoms with E-state index in [4.69, 9.17) is 0 Å². The summed E-state index contributed by atoms with van der Waals surface area (Å²) < 4.78 is 67.1. The first-order valence-electron chi connectivity index (χ1n) is 12.7. The Labute approximate surface area is 225 Å². The molecule has 204 valence electrons. The van der Waals surface area contributed by atoms with E-state index < -0.39 is 22.6 Å². The van der Waals surface area contributed by atoms with Gasteiger partial charge in [-0.05, 0) is 84.6 Å². The molecule has 2 heterocycles. The summed E-state index contributed by atoms with van der Waals surface area (Å²) in [6, 6.07) is 12.9. The molecule has 4 aromatic rings. The highest BCUT2D eigenvalue weighted by Crippen LogP contribution is 2.40. The van der Waals surface area contributed by atoms with E-state index >= 15 is 0 Å². The Bertz CT molecular complexity index is 1650. The Morgan fingerprint density at radius 1 is 0.800 bits per heavy atom. The number of aryl methyl sites for hydroxylation is 2. The molecule has 0 saturated carbocycles. The number of halogens is 5. The molecule has 1 atom stereocenters. The lowest BCUT2D eigenvalue weighted by molar-refractivity contribution is -0.137. The van der Waals surface area contributed by atoms with Crippen molar-refractivity contribution >= 4 is 28.4 Å². The van der Waals surface area contributed by atoms with Crippen LogP contribution in [0.2, 0.25) is 0 Å². The van der Waals surface area contributed by atoms with E-state index in [0.717, 1.165) is 34.6 Å². The van der Waals surface area contributed by atoms with E-state index in [-0.39, 0.29) is 41.3 Å². The van der Waals surface area contributed by atoms with Crippen molar-refractivity contribution < 1.29 is 22.0 Å². The van der Waals surface area contributed by atoms with E-state index in [1.165, 1.54) is 36.4 Å². The average Bonchev–Trinajstić information content (AvgIpc) is 3.08. The van der Waals surface area contributed by atoms with Gasteiger partial charge in [0.05, 0.1) is 11.6 Å². The molecule has 0 radical (unpaired) electrons. The van der Waals surface area contributed by atoms with Crippen molar-refractivity contribution in [2.75, 3.05) is 28.2 Å². The smallest absolute Gasteiger partial charge is 0.360 e. The van der Waals surface area contributed by atoms with Gasteiger partial charge in [-0.25, -0.2) is 8.78 Å². The maximum Gasteiger partial charge on any atom is 0.416 e. The molecular formula is C30H22F5N3O2. The third-order valence-electron chi connectivity index (χ3n) is 7.37. The number of benzene rings is 3. The molecule has 4 aromatic carbocycles. The number of hydrogen-bond donors (Lipinski definition) is 1. The number of hydrogen-bond acceptors (Lipinski definition) is 5. The van der Waals surface area contributed by atoms with Crippen LogP contribution in [-0.2, 0) is 19.0 Å². The molecule has 5 nitrogen and oxygen atoms in total. The lowest BCUT2D eigenvalue weighted by Gasteiger charge is -2.40. The molecule has 1 N–H and O–H groups in total. The van der Waals surface area contributed by atoms with Gasteiger partial charge in [0.15, 0.2) is 0 Å². The number of alkyl halides is 3. The number of nitrogens with one attached hydrogen (secondary N) is 1. The quantitative estimate of drug-likeness (QED) is 0.192. The SMILES string of the molecule is O=c1c(Nc2ccc(C(F)(F)F)cc2)c(N2CC=CC(N3c4ccc(F)cc4CCc4cc(F)ccc43)C2)c1=O. The van der Waals surface area contributed by atoms with Gasteiger partial charge in [-0.1, -0.05) is 12.2 Å². The van der Waals surface area contributed by atoms with E-state index in [9.17, 15) is 31.5 Å². The van der Waals surface area contributed by atoms with E-state index in [1.54, 1.807) is 17.0 Å². The fourth-order valence-corrected chi connectivity index (χ4v) is 5.48. The lowest BCUT2D eigenvalue weighted by atomic mass is 10.0. The summed E-state index contributed by atoms with van der Waals surface area (Å²) in [4.78, 5) is 28.9. The highest BCUT2D eigenvalue weighted by atomic mass is 19.4. The third-order valence-corrected chi connectivity index (χ3v) is 7.37. The second kappa shape index (κ2) is 9.62. The standard InChI is InChI=1S/C30H22F5N3O2/c31-20-7-11-24-17(14-20)3-4-18-15-21(32)8-12-25(18)38(24)23-2-1-13-37(16-23)27-26(28(39)29(27)40)36-22-9-5-19(6-10-22)30(33,34)35/h1-2,5-12,14-15,23,36H,3-4,13,16H2. The molecule has 0 aromatic heterocycles. The van der Waals surface area contributed by atoms with Gasteiger partial charge in [-0.2, -0.15) is 13.2 Å². The van der Waals surface area contributed by atoms with Gasteiger partial charge >= 0.3 is 6.18 Å². The molecule has 2 aliphatic rings. The fourth-order valence-electron chi connectivity index (χ4n) is 5.48. The average molecular weight is 552 g/mol. The van der Waals surface area contributed by atoms with Crippen LogP contribution in [-0.4, -0.2) is 19.1 Å². The molecule has 10 heteroatoms. The summed E-state index contributed by atoms with van der Waals surface area (Å²) in [5.74, 6) is -0.751. The monoisotopic (exact) mass is 551 g/mol. The first kappa shape index (κ1) is 25.8. The normalized spacial score (nSPS) is 17.0. The number of fused-ring (bicyclic) bond motifs is 2. The van der Waals surface area contributed by atoms with Gasteiger partial charge < -0.3 is 15.1 Å². The Balaban J connectivity index is 1.33. The van der Waals surface area contributed by atoms with Crippen LogP contribution >= 0.6 is 0 Å². The largest absolute Gasteiger partial charge is 0.416 e. The minimum absolute atomic E-state index is 0.0135. The Hall–Kier alpha value is -4.47. The van der Waals surface area contributed by atoms with Crippen molar-refractivity contribution in [2.45, 2.75) is 25.1 Å². The van der Waals surface area contributed by atoms with Crippen LogP contribution in [0.15, 0.2) is 82.4 Å². The molecular weight excluding hydrogens is 529 g/mol. The van der Waals surface area contributed by atoms with Crippen LogP contribution in [0, 0.1) is 11.6 Å². The molecule has 0 aliphatic carbocycles. The second-order valence-electron chi connectivity index (χ2n) is 9.90. The van der Waals surface area contributed by atoms with Crippen molar-refractivity contribution in [3.63, 3.8) is 0 Å². The molecule has 40 heavy (non-hydrogen) atoms. The summed E-state index contributed by atoms with van der Waals surface area (Å²) >= 11 is 0. The van der Waals surface area contributed by atoms with E-state index in [1.807, 2.05) is 17.1 Å². The predicted octanol–water partition coefficient (Wildman–Crippen LogP) is 6.00. The van der Waals surface area contributed by atoms with E-state index in [0.29, 0.717) is 19.4 Å². The lowest BCUT2D eigenvalue weighted by Crippen LogP contribution is -2.49. The first-order chi connectivity index (χ1) is 19.1. The summed E-state index contributed by atoms with van der Waals surface area (Å²) in [5, 5.41) is 2.81. The zero-order valence-corrected chi connectivity index (χ0v) is 20.9. The number of anilines is 5. The Morgan fingerprint density at radius 2 is 1.40 bits per heavy atom. The molecule has 0 bridgehead atoms. The van der Waals surface area contributed by atoms with Crippen LogP contribution in [0.4, 0.5) is 50.4 Å². The van der Waals surface area contributed by atoms with Gasteiger partial charge in [-0.15, -0.1) is 0 Å². The molecule has 0 fully saturated rings. The fraction of sp³-hybridized carbons (Fsp3) is 0.200.